The smallest absolute Gasteiger partial charge is 0.475 e. The van der Waals surface area contributed by atoms with E-state index in [1.54, 1.807) is 24.5 Å². The molecule has 1 atom stereocenters. The molecule has 0 bridgehead atoms. The van der Waals surface area contributed by atoms with E-state index in [2.05, 4.69) is 30.5 Å². The SMILES string of the molecule is C[C@H](NC(=O)c1cnc(-c2cccnn2)[nH]c1=O)c1ccc(-c2cccnc2)cc1.O=C(O)C(F)(F)F. The number of aliphatic carboxylic acids is 1. The number of nitrogens with zero attached hydrogens (tertiary/aromatic N) is 4. The molecule has 3 aromatic heterocycles. The van der Waals surface area contributed by atoms with Crippen molar-refractivity contribution < 1.29 is 27.9 Å². The molecule has 1 aromatic carbocycles. The Balaban J connectivity index is 0.000000479. The fraction of sp³-hybridized carbons (Fsp3) is 0.125. The third kappa shape index (κ3) is 7.27. The first-order valence-corrected chi connectivity index (χ1v) is 10.5. The molecule has 0 aliphatic heterocycles. The molecule has 1 amide bonds. The van der Waals surface area contributed by atoms with Crippen molar-refractivity contribution in [3.63, 3.8) is 0 Å². The monoisotopic (exact) mass is 512 g/mol. The van der Waals surface area contributed by atoms with Crippen molar-refractivity contribution in [2.24, 2.45) is 0 Å². The topological polar surface area (TPSA) is 151 Å². The van der Waals surface area contributed by atoms with Gasteiger partial charge < -0.3 is 15.4 Å². The van der Waals surface area contributed by atoms with Crippen LogP contribution in [0.2, 0.25) is 0 Å². The van der Waals surface area contributed by atoms with Crippen LogP contribution in [0, 0.1) is 0 Å². The number of aromatic nitrogens is 5. The number of halogens is 3. The van der Waals surface area contributed by atoms with E-state index in [4.69, 9.17) is 9.90 Å². The quantitative estimate of drug-likeness (QED) is 0.368. The second-order valence-corrected chi connectivity index (χ2v) is 7.45. The number of hydrogen-bond acceptors (Lipinski definition) is 7. The lowest BCUT2D eigenvalue weighted by Crippen LogP contribution is -2.32. The Morgan fingerprint density at radius 2 is 1.68 bits per heavy atom. The van der Waals surface area contributed by atoms with Gasteiger partial charge in [-0.3, -0.25) is 14.6 Å². The number of pyridine rings is 1. The van der Waals surface area contributed by atoms with Gasteiger partial charge in [0.25, 0.3) is 11.5 Å². The highest BCUT2D eigenvalue weighted by molar-refractivity contribution is 5.93. The lowest BCUT2D eigenvalue weighted by Gasteiger charge is -2.14. The average molecular weight is 512 g/mol. The molecule has 10 nitrogen and oxygen atoms in total. The van der Waals surface area contributed by atoms with Gasteiger partial charge in [0.1, 0.15) is 11.3 Å². The van der Waals surface area contributed by atoms with Gasteiger partial charge in [0.05, 0.1) is 6.04 Å². The molecule has 0 fully saturated rings. The van der Waals surface area contributed by atoms with Crippen LogP contribution in [0.25, 0.3) is 22.6 Å². The Kier molecular flexibility index (Phi) is 8.40. The highest BCUT2D eigenvalue weighted by Gasteiger charge is 2.38. The van der Waals surface area contributed by atoms with E-state index in [1.165, 1.54) is 12.4 Å². The maximum Gasteiger partial charge on any atom is 0.490 e. The number of carboxylic acid groups (broad SMARTS) is 1. The molecule has 0 saturated carbocycles. The molecular weight excluding hydrogens is 493 g/mol. The van der Waals surface area contributed by atoms with Gasteiger partial charge in [0, 0.05) is 24.8 Å². The summed E-state index contributed by atoms with van der Waals surface area (Å²) in [6, 6.07) is 14.7. The molecule has 0 unspecified atom stereocenters. The van der Waals surface area contributed by atoms with E-state index >= 15 is 0 Å². The summed E-state index contributed by atoms with van der Waals surface area (Å²) in [4.78, 5) is 44.7. The van der Waals surface area contributed by atoms with E-state index in [1.807, 2.05) is 43.3 Å². The summed E-state index contributed by atoms with van der Waals surface area (Å²) < 4.78 is 31.7. The number of carbonyl (C=O) groups excluding carboxylic acids is 1. The van der Waals surface area contributed by atoms with Crippen LogP contribution in [0.15, 0.2) is 78.1 Å². The molecule has 190 valence electrons. The first kappa shape index (κ1) is 26.7. The predicted molar refractivity (Wildman–Crippen MR) is 125 cm³/mol. The normalized spacial score (nSPS) is 11.6. The van der Waals surface area contributed by atoms with Gasteiger partial charge >= 0.3 is 12.1 Å². The number of carboxylic acids is 1. The predicted octanol–water partition coefficient (Wildman–Crippen LogP) is 3.41. The Bertz CT molecular complexity index is 1410. The number of rotatable bonds is 5. The average Bonchev–Trinajstić information content (AvgIpc) is 2.89. The van der Waals surface area contributed by atoms with Crippen LogP contribution in [-0.2, 0) is 4.79 Å². The highest BCUT2D eigenvalue weighted by atomic mass is 19.4. The van der Waals surface area contributed by atoms with Crippen LogP contribution in [0.1, 0.15) is 28.9 Å². The summed E-state index contributed by atoms with van der Waals surface area (Å²) in [7, 11) is 0. The minimum Gasteiger partial charge on any atom is -0.475 e. The van der Waals surface area contributed by atoms with Crippen LogP contribution in [0.5, 0.6) is 0 Å². The largest absolute Gasteiger partial charge is 0.490 e. The minimum absolute atomic E-state index is 0.0681. The second kappa shape index (κ2) is 11.7. The van der Waals surface area contributed by atoms with Crippen LogP contribution in [0.4, 0.5) is 13.2 Å². The van der Waals surface area contributed by atoms with Crippen LogP contribution >= 0.6 is 0 Å². The van der Waals surface area contributed by atoms with Crippen LogP contribution < -0.4 is 10.9 Å². The van der Waals surface area contributed by atoms with E-state index in [9.17, 15) is 22.8 Å². The number of nitrogens with one attached hydrogen (secondary N) is 2. The Morgan fingerprint density at radius 1 is 1.00 bits per heavy atom. The van der Waals surface area contributed by atoms with Crippen molar-refractivity contribution in [2.75, 3.05) is 0 Å². The molecule has 0 radical (unpaired) electrons. The van der Waals surface area contributed by atoms with E-state index in [0.717, 1.165) is 16.7 Å². The van der Waals surface area contributed by atoms with Crippen molar-refractivity contribution in [3.8, 4) is 22.6 Å². The van der Waals surface area contributed by atoms with Crippen LogP contribution in [-0.4, -0.2) is 48.3 Å². The fourth-order valence-corrected chi connectivity index (χ4v) is 2.97. The molecule has 13 heteroatoms. The van der Waals surface area contributed by atoms with Crippen molar-refractivity contribution in [3.05, 3.63) is 94.8 Å². The van der Waals surface area contributed by atoms with Crippen molar-refractivity contribution >= 4 is 11.9 Å². The van der Waals surface area contributed by atoms with Gasteiger partial charge in [0.15, 0.2) is 5.82 Å². The molecule has 37 heavy (non-hydrogen) atoms. The van der Waals surface area contributed by atoms with Gasteiger partial charge in [-0.25, -0.2) is 9.78 Å². The van der Waals surface area contributed by atoms with Gasteiger partial charge in [-0.1, -0.05) is 30.3 Å². The summed E-state index contributed by atoms with van der Waals surface area (Å²) in [5.41, 5.74) is 2.77. The van der Waals surface area contributed by atoms with E-state index < -0.39 is 23.6 Å². The summed E-state index contributed by atoms with van der Waals surface area (Å²) in [5.74, 6) is -3.01. The standard InChI is InChI=1S/C22H18N6O2.C2HF3O2/c1-14(15-6-8-16(9-7-15)17-4-2-10-23-12-17)26-21(29)18-13-24-20(27-22(18)30)19-5-3-11-25-28-19;3-2(4,5)1(6)7/h2-14H,1H3,(H,26,29)(H,24,27,30);(H,6,7)/t14-;/m0./s1. The molecule has 3 heterocycles. The Labute approximate surface area is 207 Å². The Morgan fingerprint density at radius 3 is 2.22 bits per heavy atom. The maximum absolute atomic E-state index is 12.6. The zero-order valence-corrected chi connectivity index (χ0v) is 19.1. The third-order valence-electron chi connectivity index (χ3n) is 4.85. The van der Waals surface area contributed by atoms with E-state index in [-0.39, 0.29) is 17.4 Å². The number of amides is 1. The van der Waals surface area contributed by atoms with Gasteiger partial charge in [-0.05, 0) is 41.8 Å². The fourth-order valence-electron chi connectivity index (χ4n) is 2.97. The van der Waals surface area contributed by atoms with Crippen molar-refractivity contribution in [1.29, 1.82) is 0 Å². The van der Waals surface area contributed by atoms with Crippen molar-refractivity contribution in [1.82, 2.24) is 30.5 Å². The zero-order valence-electron chi connectivity index (χ0n) is 19.1. The number of carbonyl (C=O) groups is 2. The number of H-pyrrole nitrogens is 1. The van der Waals surface area contributed by atoms with Crippen molar-refractivity contribution in [2.45, 2.75) is 19.1 Å². The molecule has 0 spiro atoms. The molecule has 0 aliphatic carbocycles. The second-order valence-electron chi connectivity index (χ2n) is 7.45. The van der Waals surface area contributed by atoms with Gasteiger partial charge in [-0.2, -0.15) is 18.3 Å². The summed E-state index contributed by atoms with van der Waals surface area (Å²) >= 11 is 0. The number of alkyl halides is 3. The molecule has 4 aromatic rings. The lowest BCUT2D eigenvalue weighted by atomic mass is 10.0. The molecule has 0 aliphatic rings. The van der Waals surface area contributed by atoms with Gasteiger partial charge in [0.2, 0.25) is 0 Å². The number of benzene rings is 1. The summed E-state index contributed by atoms with van der Waals surface area (Å²) in [6.07, 6.45) is 1.21. The third-order valence-corrected chi connectivity index (χ3v) is 4.85. The highest BCUT2D eigenvalue weighted by Crippen LogP contribution is 2.21. The lowest BCUT2D eigenvalue weighted by molar-refractivity contribution is -0.192. The zero-order chi connectivity index (χ0) is 27.0. The minimum atomic E-state index is -5.08. The first-order chi connectivity index (χ1) is 17.6. The number of aromatic amines is 1. The summed E-state index contributed by atoms with van der Waals surface area (Å²) in [6.45, 7) is 1.85. The molecule has 0 saturated heterocycles. The molecule has 3 N–H and O–H groups in total. The van der Waals surface area contributed by atoms with Gasteiger partial charge in [-0.15, -0.1) is 5.10 Å². The number of hydrogen-bond donors (Lipinski definition) is 3. The first-order valence-electron chi connectivity index (χ1n) is 10.5. The Hall–Kier alpha value is -4.94. The van der Waals surface area contributed by atoms with Crippen LogP contribution in [0.3, 0.4) is 0 Å². The van der Waals surface area contributed by atoms with E-state index in [0.29, 0.717) is 5.69 Å². The molecular formula is C24H19F3N6O4. The summed E-state index contributed by atoms with van der Waals surface area (Å²) in [5, 5.41) is 17.6. The maximum atomic E-state index is 12.6. The molecule has 4 rings (SSSR count).